The molecule has 0 aliphatic carbocycles. The van der Waals surface area contributed by atoms with Crippen LogP contribution in [0.15, 0.2) is 51.6 Å². The minimum atomic E-state index is 0.504. The van der Waals surface area contributed by atoms with Crippen molar-refractivity contribution >= 4 is 11.6 Å². The second-order valence-corrected chi connectivity index (χ2v) is 6.96. The first-order valence-electron chi connectivity index (χ1n) is 8.82. The summed E-state index contributed by atoms with van der Waals surface area (Å²) in [6.45, 7) is 5.72. The third-order valence-electron chi connectivity index (χ3n) is 4.57. The van der Waals surface area contributed by atoms with E-state index in [9.17, 15) is 0 Å². The molecule has 136 valence electrons. The lowest BCUT2D eigenvalue weighted by Gasteiger charge is -2.21. The van der Waals surface area contributed by atoms with Crippen LogP contribution in [0.25, 0.3) is 11.6 Å². The summed E-state index contributed by atoms with van der Waals surface area (Å²) in [5.74, 6) is 1.76. The van der Waals surface area contributed by atoms with Gasteiger partial charge in [-0.25, -0.2) is 0 Å². The smallest absolute Gasteiger partial charge is 0.241 e. The van der Waals surface area contributed by atoms with Crippen molar-refractivity contribution in [1.29, 1.82) is 0 Å². The van der Waals surface area contributed by atoms with Crippen molar-refractivity contribution in [3.63, 3.8) is 0 Å². The van der Waals surface area contributed by atoms with E-state index in [-0.39, 0.29) is 0 Å². The highest BCUT2D eigenvalue weighted by Gasteiger charge is 2.18. The quantitative estimate of drug-likeness (QED) is 0.680. The monoisotopic (exact) mass is 372 g/mol. The molecular formula is C19H21ClN4O2. The van der Waals surface area contributed by atoms with Gasteiger partial charge in [0.1, 0.15) is 0 Å². The molecule has 1 aliphatic heterocycles. The van der Waals surface area contributed by atoms with Crippen molar-refractivity contribution in [3.05, 3.63) is 59.1 Å². The Kier molecular flexibility index (Phi) is 5.34. The van der Waals surface area contributed by atoms with E-state index in [0.717, 1.165) is 44.2 Å². The lowest BCUT2D eigenvalue weighted by Crippen LogP contribution is -2.30. The average Bonchev–Trinajstić information content (AvgIpc) is 3.28. The van der Waals surface area contributed by atoms with E-state index >= 15 is 0 Å². The molecule has 1 fully saturated rings. The Morgan fingerprint density at radius 3 is 2.46 bits per heavy atom. The van der Waals surface area contributed by atoms with Crippen LogP contribution in [0.2, 0.25) is 5.02 Å². The summed E-state index contributed by atoms with van der Waals surface area (Å²) in [6.07, 6.45) is 2.72. The first-order valence-corrected chi connectivity index (χ1v) is 9.20. The zero-order valence-corrected chi connectivity index (χ0v) is 15.2. The average molecular weight is 373 g/mol. The number of rotatable bonds is 5. The summed E-state index contributed by atoms with van der Waals surface area (Å²) in [4.78, 5) is 9.27. The maximum Gasteiger partial charge on any atom is 0.241 e. The number of benzene rings is 1. The number of halogens is 1. The third kappa shape index (κ3) is 4.33. The Labute approximate surface area is 157 Å². The molecule has 2 aromatic heterocycles. The van der Waals surface area contributed by atoms with Crippen LogP contribution in [0.5, 0.6) is 0 Å². The van der Waals surface area contributed by atoms with Gasteiger partial charge in [-0.2, -0.15) is 4.98 Å². The van der Waals surface area contributed by atoms with Gasteiger partial charge in [0.25, 0.3) is 0 Å². The molecule has 1 aliphatic rings. The number of hydrogen-bond donors (Lipinski definition) is 0. The van der Waals surface area contributed by atoms with Crippen LogP contribution in [0.3, 0.4) is 0 Å². The minimum Gasteiger partial charge on any atom is -0.461 e. The summed E-state index contributed by atoms with van der Waals surface area (Å²) in [5.41, 5.74) is 1.29. The van der Waals surface area contributed by atoms with Crippen molar-refractivity contribution in [2.75, 3.05) is 26.2 Å². The summed E-state index contributed by atoms with van der Waals surface area (Å²) in [7, 11) is 0. The highest BCUT2D eigenvalue weighted by Crippen LogP contribution is 2.17. The molecule has 7 heteroatoms. The van der Waals surface area contributed by atoms with Crippen LogP contribution in [0, 0.1) is 0 Å². The molecule has 0 N–H and O–H groups in total. The fourth-order valence-electron chi connectivity index (χ4n) is 3.20. The maximum absolute atomic E-state index is 5.96. The van der Waals surface area contributed by atoms with Crippen LogP contribution in [-0.4, -0.2) is 46.1 Å². The van der Waals surface area contributed by atoms with Gasteiger partial charge >= 0.3 is 0 Å². The van der Waals surface area contributed by atoms with Crippen molar-refractivity contribution in [2.24, 2.45) is 0 Å². The summed E-state index contributed by atoms with van der Waals surface area (Å²) in [6, 6.07) is 11.7. The van der Waals surface area contributed by atoms with Gasteiger partial charge in [-0.15, -0.1) is 0 Å². The van der Waals surface area contributed by atoms with Gasteiger partial charge in [-0.05, 0) is 49.3 Å². The Balaban J connectivity index is 1.31. The zero-order chi connectivity index (χ0) is 17.8. The molecule has 6 nitrogen and oxygen atoms in total. The zero-order valence-electron chi connectivity index (χ0n) is 14.5. The summed E-state index contributed by atoms with van der Waals surface area (Å²) >= 11 is 5.96. The molecule has 0 radical (unpaired) electrons. The molecule has 0 saturated carbocycles. The number of aromatic nitrogens is 2. The molecule has 0 spiro atoms. The van der Waals surface area contributed by atoms with Gasteiger partial charge in [-0.3, -0.25) is 9.80 Å². The van der Waals surface area contributed by atoms with E-state index in [1.807, 2.05) is 24.3 Å². The Morgan fingerprint density at radius 1 is 0.962 bits per heavy atom. The van der Waals surface area contributed by atoms with E-state index in [0.29, 0.717) is 24.0 Å². The number of hydrogen-bond acceptors (Lipinski definition) is 6. The van der Waals surface area contributed by atoms with Crippen molar-refractivity contribution in [2.45, 2.75) is 19.5 Å². The first-order chi connectivity index (χ1) is 12.8. The van der Waals surface area contributed by atoms with E-state index in [1.54, 1.807) is 6.26 Å². The molecular weight excluding hydrogens is 352 g/mol. The summed E-state index contributed by atoms with van der Waals surface area (Å²) in [5, 5.41) is 4.78. The Hall–Kier alpha value is -2.15. The molecule has 0 atom stereocenters. The van der Waals surface area contributed by atoms with E-state index in [4.69, 9.17) is 20.5 Å². The van der Waals surface area contributed by atoms with Crippen LogP contribution in [0.1, 0.15) is 17.9 Å². The lowest BCUT2D eigenvalue weighted by molar-refractivity contribution is 0.222. The van der Waals surface area contributed by atoms with Gasteiger partial charge in [0.15, 0.2) is 5.76 Å². The van der Waals surface area contributed by atoms with Crippen molar-refractivity contribution in [1.82, 2.24) is 19.9 Å². The first kappa shape index (κ1) is 17.3. The second kappa shape index (κ2) is 8.03. The highest BCUT2D eigenvalue weighted by molar-refractivity contribution is 6.30. The van der Waals surface area contributed by atoms with Gasteiger partial charge < -0.3 is 8.94 Å². The highest BCUT2D eigenvalue weighted by atomic mass is 35.5. The van der Waals surface area contributed by atoms with E-state index in [1.165, 1.54) is 5.56 Å². The van der Waals surface area contributed by atoms with E-state index < -0.39 is 0 Å². The third-order valence-corrected chi connectivity index (χ3v) is 4.82. The molecule has 0 bridgehead atoms. The molecule has 1 aromatic carbocycles. The largest absolute Gasteiger partial charge is 0.461 e. The molecule has 0 amide bonds. The normalized spacial score (nSPS) is 16.7. The topological polar surface area (TPSA) is 58.5 Å². The molecule has 0 unspecified atom stereocenters. The fraction of sp³-hybridized carbons (Fsp3) is 0.368. The minimum absolute atomic E-state index is 0.504. The van der Waals surface area contributed by atoms with Gasteiger partial charge in [0.05, 0.1) is 12.8 Å². The standard InChI is InChI=1S/C19H21ClN4O2/c20-16-6-4-15(5-7-16)13-23-8-2-9-24(11-10-23)14-18-21-19(22-26-18)17-3-1-12-25-17/h1,3-7,12H,2,8-11,13-14H2. The maximum atomic E-state index is 5.96. The predicted molar refractivity (Wildman–Crippen MR) is 98.6 cm³/mol. The SMILES string of the molecule is Clc1ccc(CN2CCCN(Cc3nc(-c4ccco4)no3)CC2)cc1. The van der Waals surface area contributed by atoms with Gasteiger partial charge in [0.2, 0.25) is 11.7 Å². The fourth-order valence-corrected chi connectivity index (χ4v) is 3.33. The number of furan rings is 1. The van der Waals surface area contributed by atoms with Crippen LogP contribution in [-0.2, 0) is 13.1 Å². The molecule has 3 heterocycles. The second-order valence-electron chi connectivity index (χ2n) is 6.52. The van der Waals surface area contributed by atoms with Gasteiger partial charge in [-0.1, -0.05) is 28.9 Å². The number of nitrogens with zero attached hydrogens (tertiary/aromatic N) is 4. The van der Waals surface area contributed by atoms with E-state index in [2.05, 4.69) is 32.1 Å². The van der Waals surface area contributed by atoms with Crippen molar-refractivity contribution in [3.8, 4) is 11.6 Å². The molecule has 1 saturated heterocycles. The van der Waals surface area contributed by atoms with Crippen LogP contribution >= 0.6 is 11.6 Å². The lowest BCUT2D eigenvalue weighted by atomic mass is 10.2. The van der Waals surface area contributed by atoms with Crippen LogP contribution in [0.4, 0.5) is 0 Å². The van der Waals surface area contributed by atoms with Crippen molar-refractivity contribution < 1.29 is 8.94 Å². The Morgan fingerprint density at radius 2 is 1.73 bits per heavy atom. The summed E-state index contributed by atoms with van der Waals surface area (Å²) < 4.78 is 10.7. The van der Waals surface area contributed by atoms with Gasteiger partial charge in [0, 0.05) is 24.7 Å². The predicted octanol–water partition coefficient (Wildman–Crippen LogP) is 3.69. The molecule has 26 heavy (non-hydrogen) atoms. The molecule has 4 rings (SSSR count). The van der Waals surface area contributed by atoms with Crippen LogP contribution < -0.4 is 0 Å². The Bertz CT molecular complexity index is 816. The molecule has 3 aromatic rings.